The molecule has 0 bridgehead atoms. The van der Waals surface area contributed by atoms with Crippen LogP contribution >= 0.6 is 0 Å². The average Bonchev–Trinajstić information content (AvgIpc) is 3.09. The SMILES string of the molecule is CCNC(=NCCCCN1CCCC1)NCCC1=CCCCC1. The molecule has 0 aromatic heterocycles. The second kappa shape index (κ2) is 11.5. The van der Waals surface area contributed by atoms with Gasteiger partial charge in [-0.05, 0) is 84.3 Å². The van der Waals surface area contributed by atoms with E-state index in [1.807, 2.05) is 0 Å². The Morgan fingerprint density at radius 2 is 2.00 bits per heavy atom. The number of nitrogens with one attached hydrogen (secondary N) is 2. The predicted octanol–water partition coefficient (Wildman–Crippen LogP) is 3.31. The molecule has 0 spiro atoms. The van der Waals surface area contributed by atoms with E-state index in [1.54, 1.807) is 5.57 Å². The maximum absolute atomic E-state index is 4.72. The van der Waals surface area contributed by atoms with Crippen molar-refractivity contribution in [3.8, 4) is 0 Å². The standard InChI is InChI=1S/C19H36N4/c1-2-20-19(22-14-12-18-10-4-3-5-11-18)21-13-6-7-15-23-16-8-9-17-23/h10H,2-9,11-17H2,1H3,(H2,20,21,22). The van der Waals surface area contributed by atoms with Gasteiger partial charge in [0.05, 0.1) is 0 Å². The summed E-state index contributed by atoms with van der Waals surface area (Å²) in [5.74, 6) is 0.991. The molecule has 2 N–H and O–H groups in total. The van der Waals surface area contributed by atoms with Crippen molar-refractivity contribution in [2.75, 3.05) is 39.3 Å². The molecule has 1 aliphatic carbocycles. The van der Waals surface area contributed by atoms with Crippen molar-refractivity contribution < 1.29 is 0 Å². The fraction of sp³-hybridized carbons (Fsp3) is 0.842. The monoisotopic (exact) mass is 320 g/mol. The van der Waals surface area contributed by atoms with Crippen LogP contribution in [0.5, 0.6) is 0 Å². The lowest BCUT2D eigenvalue weighted by atomic mass is 9.97. The fourth-order valence-electron chi connectivity index (χ4n) is 3.46. The highest BCUT2D eigenvalue weighted by molar-refractivity contribution is 5.79. The third-order valence-corrected chi connectivity index (χ3v) is 4.82. The van der Waals surface area contributed by atoms with Crippen molar-refractivity contribution in [3.63, 3.8) is 0 Å². The topological polar surface area (TPSA) is 39.7 Å². The number of likely N-dealkylation sites (tertiary alicyclic amines) is 1. The normalized spacial score (nSPS) is 19.7. The molecule has 1 saturated heterocycles. The number of allylic oxidation sites excluding steroid dienone is 1. The van der Waals surface area contributed by atoms with Gasteiger partial charge in [0.15, 0.2) is 5.96 Å². The van der Waals surface area contributed by atoms with Crippen molar-refractivity contribution in [2.45, 2.75) is 64.7 Å². The maximum Gasteiger partial charge on any atom is 0.191 e. The Balaban J connectivity index is 1.58. The van der Waals surface area contributed by atoms with E-state index in [1.165, 1.54) is 77.4 Å². The van der Waals surface area contributed by atoms with E-state index in [2.05, 4.69) is 28.5 Å². The lowest BCUT2D eigenvalue weighted by molar-refractivity contribution is 0.331. The van der Waals surface area contributed by atoms with Crippen LogP contribution in [0, 0.1) is 0 Å². The van der Waals surface area contributed by atoms with E-state index in [9.17, 15) is 0 Å². The Labute approximate surface area is 142 Å². The highest BCUT2D eigenvalue weighted by atomic mass is 15.2. The molecule has 4 nitrogen and oxygen atoms in total. The molecule has 132 valence electrons. The number of rotatable bonds is 9. The van der Waals surface area contributed by atoms with Gasteiger partial charge in [-0.1, -0.05) is 11.6 Å². The minimum atomic E-state index is 0.933. The van der Waals surface area contributed by atoms with Gasteiger partial charge in [-0.2, -0.15) is 0 Å². The Morgan fingerprint density at radius 1 is 1.13 bits per heavy atom. The van der Waals surface area contributed by atoms with Gasteiger partial charge in [0.25, 0.3) is 0 Å². The van der Waals surface area contributed by atoms with Crippen molar-refractivity contribution in [3.05, 3.63) is 11.6 Å². The summed E-state index contributed by atoms with van der Waals surface area (Å²) in [6.07, 6.45) is 14.2. The summed E-state index contributed by atoms with van der Waals surface area (Å²) in [6.45, 7) is 8.88. The summed E-state index contributed by atoms with van der Waals surface area (Å²) in [7, 11) is 0. The first kappa shape index (κ1) is 18.3. The number of hydrogen-bond acceptors (Lipinski definition) is 2. The highest BCUT2D eigenvalue weighted by Crippen LogP contribution is 2.19. The molecule has 0 unspecified atom stereocenters. The van der Waals surface area contributed by atoms with E-state index < -0.39 is 0 Å². The van der Waals surface area contributed by atoms with Gasteiger partial charge in [0.2, 0.25) is 0 Å². The van der Waals surface area contributed by atoms with E-state index in [4.69, 9.17) is 4.99 Å². The summed E-state index contributed by atoms with van der Waals surface area (Å²) in [5.41, 5.74) is 1.63. The van der Waals surface area contributed by atoms with Crippen LogP contribution < -0.4 is 10.6 Å². The maximum atomic E-state index is 4.72. The molecule has 4 heteroatoms. The van der Waals surface area contributed by atoms with Crippen molar-refractivity contribution in [1.82, 2.24) is 15.5 Å². The minimum absolute atomic E-state index is 0.933. The summed E-state index contributed by atoms with van der Waals surface area (Å²) >= 11 is 0. The first-order valence-electron chi connectivity index (χ1n) is 9.81. The van der Waals surface area contributed by atoms with Gasteiger partial charge in [-0.25, -0.2) is 0 Å². The molecule has 23 heavy (non-hydrogen) atoms. The number of unbranched alkanes of at least 4 members (excludes halogenated alkanes) is 1. The highest BCUT2D eigenvalue weighted by Gasteiger charge is 2.10. The van der Waals surface area contributed by atoms with Gasteiger partial charge >= 0.3 is 0 Å². The van der Waals surface area contributed by atoms with Crippen LogP contribution in [0.1, 0.15) is 64.7 Å². The number of hydrogen-bond donors (Lipinski definition) is 2. The molecule has 1 aliphatic heterocycles. The van der Waals surface area contributed by atoms with E-state index in [-0.39, 0.29) is 0 Å². The van der Waals surface area contributed by atoms with Crippen LogP contribution in [-0.2, 0) is 0 Å². The summed E-state index contributed by atoms with van der Waals surface area (Å²) in [5, 5.41) is 6.85. The Hall–Kier alpha value is -1.03. The van der Waals surface area contributed by atoms with Crippen molar-refractivity contribution in [1.29, 1.82) is 0 Å². The zero-order chi connectivity index (χ0) is 16.2. The molecule has 2 aliphatic rings. The molecular weight excluding hydrogens is 284 g/mol. The summed E-state index contributed by atoms with van der Waals surface area (Å²) < 4.78 is 0. The third-order valence-electron chi connectivity index (χ3n) is 4.82. The third kappa shape index (κ3) is 7.87. The van der Waals surface area contributed by atoms with Crippen molar-refractivity contribution >= 4 is 5.96 Å². The summed E-state index contributed by atoms with van der Waals surface area (Å²) in [4.78, 5) is 7.31. The van der Waals surface area contributed by atoms with Crippen LogP contribution in [0.15, 0.2) is 16.6 Å². The summed E-state index contributed by atoms with van der Waals surface area (Å²) in [6, 6.07) is 0. The second-order valence-electron chi connectivity index (χ2n) is 6.80. The van der Waals surface area contributed by atoms with Gasteiger partial charge in [0, 0.05) is 19.6 Å². The molecular formula is C19H36N4. The van der Waals surface area contributed by atoms with Gasteiger partial charge in [-0.3, -0.25) is 4.99 Å². The van der Waals surface area contributed by atoms with Crippen LogP contribution in [0.3, 0.4) is 0 Å². The lowest BCUT2D eigenvalue weighted by Crippen LogP contribution is -2.38. The van der Waals surface area contributed by atoms with E-state index in [0.717, 1.165) is 25.6 Å². The molecule has 1 heterocycles. The first-order chi connectivity index (χ1) is 11.4. The van der Waals surface area contributed by atoms with Crippen LogP contribution in [0.4, 0.5) is 0 Å². The van der Waals surface area contributed by atoms with Crippen LogP contribution in [0.2, 0.25) is 0 Å². The molecule has 0 atom stereocenters. The fourth-order valence-corrected chi connectivity index (χ4v) is 3.46. The largest absolute Gasteiger partial charge is 0.357 e. The van der Waals surface area contributed by atoms with Gasteiger partial charge < -0.3 is 15.5 Å². The minimum Gasteiger partial charge on any atom is -0.357 e. The van der Waals surface area contributed by atoms with Gasteiger partial charge in [0.1, 0.15) is 0 Å². The van der Waals surface area contributed by atoms with Crippen LogP contribution in [0.25, 0.3) is 0 Å². The zero-order valence-corrected chi connectivity index (χ0v) is 15.1. The number of aliphatic imine (C=N–C) groups is 1. The quantitative estimate of drug-likeness (QED) is 0.296. The van der Waals surface area contributed by atoms with Gasteiger partial charge in [-0.15, -0.1) is 0 Å². The Kier molecular flexibility index (Phi) is 9.15. The van der Waals surface area contributed by atoms with Crippen molar-refractivity contribution in [2.24, 2.45) is 4.99 Å². The Bertz CT molecular complexity index is 370. The van der Waals surface area contributed by atoms with E-state index >= 15 is 0 Å². The molecule has 0 saturated carbocycles. The number of guanidine groups is 1. The van der Waals surface area contributed by atoms with Crippen LogP contribution in [-0.4, -0.2) is 50.1 Å². The molecule has 0 aromatic carbocycles. The molecule has 0 radical (unpaired) electrons. The Morgan fingerprint density at radius 3 is 2.74 bits per heavy atom. The lowest BCUT2D eigenvalue weighted by Gasteiger charge is -2.15. The smallest absolute Gasteiger partial charge is 0.191 e. The molecule has 0 amide bonds. The molecule has 2 rings (SSSR count). The first-order valence-corrected chi connectivity index (χ1v) is 9.81. The second-order valence-corrected chi connectivity index (χ2v) is 6.80. The molecule has 0 aromatic rings. The predicted molar refractivity (Wildman–Crippen MR) is 100 cm³/mol. The number of nitrogens with zero attached hydrogens (tertiary/aromatic N) is 2. The zero-order valence-electron chi connectivity index (χ0n) is 15.1. The molecule has 1 fully saturated rings. The average molecular weight is 321 g/mol. The van der Waals surface area contributed by atoms with E-state index in [0.29, 0.717) is 0 Å².